The van der Waals surface area contributed by atoms with Gasteiger partial charge in [-0.3, -0.25) is 4.79 Å². The number of carbonyl (C=O) groups is 1. The minimum Gasteiger partial charge on any atom is -0.373 e. The summed E-state index contributed by atoms with van der Waals surface area (Å²) in [6, 6.07) is 5.53. The predicted octanol–water partition coefficient (Wildman–Crippen LogP) is 2.42. The number of hydrogen-bond acceptors (Lipinski definition) is 4. The molecular formula is C13H15N3OS. The molecule has 4 nitrogen and oxygen atoms in total. The second-order valence-corrected chi connectivity index (χ2v) is 4.73. The Bertz CT molecular complexity index is 537. The summed E-state index contributed by atoms with van der Waals surface area (Å²) in [5.41, 5.74) is 2.57. The lowest BCUT2D eigenvalue weighted by Crippen LogP contribution is -2.22. The Morgan fingerprint density at radius 2 is 2.28 bits per heavy atom. The predicted molar refractivity (Wildman–Crippen MR) is 74.0 cm³/mol. The first-order valence-electron chi connectivity index (χ1n) is 5.65. The highest BCUT2D eigenvalue weighted by molar-refractivity contribution is 7.07. The van der Waals surface area contributed by atoms with Crippen LogP contribution < -0.4 is 10.6 Å². The van der Waals surface area contributed by atoms with Gasteiger partial charge in [0.25, 0.3) is 5.91 Å². The average Bonchev–Trinajstić information content (AvgIpc) is 2.88. The van der Waals surface area contributed by atoms with Crippen LogP contribution in [0, 0.1) is 6.92 Å². The number of anilines is 1. The van der Waals surface area contributed by atoms with Crippen molar-refractivity contribution < 1.29 is 4.79 Å². The van der Waals surface area contributed by atoms with Gasteiger partial charge in [-0.1, -0.05) is 0 Å². The minimum absolute atomic E-state index is 0.0804. The van der Waals surface area contributed by atoms with Crippen molar-refractivity contribution >= 4 is 23.1 Å². The van der Waals surface area contributed by atoms with Crippen LogP contribution in [0.3, 0.4) is 0 Å². The summed E-state index contributed by atoms with van der Waals surface area (Å²) in [5, 5.41) is 9.86. The van der Waals surface area contributed by atoms with E-state index in [0.717, 1.165) is 11.3 Å². The van der Waals surface area contributed by atoms with Gasteiger partial charge in [-0.25, -0.2) is 4.98 Å². The number of hydrogen-bond donors (Lipinski definition) is 2. The normalized spacial score (nSPS) is 10.1. The second-order valence-electron chi connectivity index (χ2n) is 3.95. The topological polar surface area (TPSA) is 54.0 Å². The molecule has 0 fully saturated rings. The van der Waals surface area contributed by atoms with Crippen molar-refractivity contribution in [3.8, 4) is 0 Å². The van der Waals surface area contributed by atoms with E-state index in [9.17, 15) is 4.79 Å². The Kier molecular flexibility index (Phi) is 3.94. The number of rotatable bonds is 4. The van der Waals surface area contributed by atoms with E-state index in [0.29, 0.717) is 17.9 Å². The van der Waals surface area contributed by atoms with Gasteiger partial charge in [0.2, 0.25) is 0 Å². The standard InChI is InChI=1S/C13H15N3OS/c1-9-5-11(6-12(14-2)16-9)13(17)15-7-10-3-4-18-8-10/h3-6,8H,7H2,1-2H3,(H,14,16)(H,15,17). The molecule has 2 aromatic rings. The fraction of sp³-hybridized carbons (Fsp3) is 0.231. The monoisotopic (exact) mass is 261 g/mol. The molecule has 5 heteroatoms. The van der Waals surface area contributed by atoms with E-state index in [1.807, 2.05) is 23.8 Å². The Hall–Kier alpha value is -1.88. The van der Waals surface area contributed by atoms with Gasteiger partial charge in [0, 0.05) is 24.8 Å². The molecule has 0 unspecified atom stereocenters. The van der Waals surface area contributed by atoms with Crippen molar-refractivity contribution in [3.05, 3.63) is 45.8 Å². The number of aryl methyl sites for hydroxylation is 1. The summed E-state index contributed by atoms with van der Waals surface area (Å²) in [5.74, 6) is 0.624. The molecule has 0 atom stereocenters. The number of amides is 1. The van der Waals surface area contributed by atoms with Gasteiger partial charge in [-0.15, -0.1) is 0 Å². The highest BCUT2D eigenvalue weighted by Gasteiger charge is 2.08. The molecule has 18 heavy (non-hydrogen) atoms. The molecule has 2 aromatic heterocycles. The van der Waals surface area contributed by atoms with Crippen molar-refractivity contribution in [2.75, 3.05) is 12.4 Å². The highest BCUT2D eigenvalue weighted by atomic mass is 32.1. The maximum absolute atomic E-state index is 12.0. The first-order chi connectivity index (χ1) is 8.69. The lowest BCUT2D eigenvalue weighted by atomic mass is 10.2. The number of nitrogens with one attached hydrogen (secondary N) is 2. The van der Waals surface area contributed by atoms with Gasteiger partial charge in [0.05, 0.1) is 0 Å². The molecule has 0 aliphatic heterocycles. The maximum atomic E-state index is 12.0. The third-order valence-corrected chi connectivity index (χ3v) is 3.24. The van der Waals surface area contributed by atoms with Gasteiger partial charge >= 0.3 is 0 Å². The zero-order valence-electron chi connectivity index (χ0n) is 10.4. The Morgan fingerprint density at radius 1 is 1.44 bits per heavy atom. The zero-order chi connectivity index (χ0) is 13.0. The van der Waals surface area contributed by atoms with Crippen LogP contribution in [0.4, 0.5) is 5.82 Å². The quantitative estimate of drug-likeness (QED) is 0.888. The van der Waals surface area contributed by atoms with Crippen LogP contribution in [-0.4, -0.2) is 17.9 Å². The van der Waals surface area contributed by atoms with E-state index in [1.54, 1.807) is 30.5 Å². The van der Waals surface area contributed by atoms with Gasteiger partial charge in [-0.05, 0) is 41.4 Å². The Balaban J connectivity index is 2.06. The summed E-state index contributed by atoms with van der Waals surface area (Å²) in [6.07, 6.45) is 0. The van der Waals surface area contributed by atoms with Crippen LogP contribution in [0.25, 0.3) is 0 Å². The zero-order valence-corrected chi connectivity index (χ0v) is 11.2. The Morgan fingerprint density at radius 3 is 2.94 bits per heavy atom. The van der Waals surface area contributed by atoms with Crippen molar-refractivity contribution in [1.29, 1.82) is 0 Å². The number of aromatic nitrogens is 1. The summed E-state index contributed by atoms with van der Waals surface area (Å²) >= 11 is 1.62. The molecule has 0 bridgehead atoms. The third kappa shape index (κ3) is 3.07. The van der Waals surface area contributed by atoms with Gasteiger partial charge in [-0.2, -0.15) is 11.3 Å². The van der Waals surface area contributed by atoms with Crippen molar-refractivity contribution in [1.82, 2.24) is 10.3 Å². The smallest absolute Gasteiger partial charge is 0.251 e. The molecule has 2 rings (SSSR count). The lowest BCUT2D eigenvalue weighted by molar-refractivity contribution is 0.0951. The molecule has 2 N–H and O–H groups in total. The van der Waals surface area contributed by atoms with Crippen molar-refractivity contribution in [2.24, 2.45) is 0 Å². The fourth-order valence-corrected chi connectivity index (χ4v) is 2.27. The van der Waals surface area contributed by atoms with Crippen LogP contribution in [0.2, 0.25) is 0 Å². The molecular weight excluding hydrogens is 246 g/mol. The van der Waals surface area contributed by atoms with Crippen molar-refractivity contribution in [3.63, 3.8) is 0 Å². The van der Waals surface area contributed by atoms with Crippen molar-refractivity contribution in [2.45, 2.75) is 13.5 Å². The van der Waals surface area contributed by atoms with Crippen LogP contribution in [-0.2, 0) is 6.54 Å². The SMILES string of the molecule is CNc1cc(C(=O)NCc2ccsc2)cc(C)n1. The summed E-state index contributed by atoms with van der Waals surface area (Å²) < 4.78 is 0. The van der Waals surface area contributed by atoms with Crippen LogP contribution in [0.15, 0.2) is 29.0 Å². The molecule has 2 heterocycles. The highest BCUT2D eigenvalue weighted by Crippen LogP contribution is 2.10. The number of nitrogens with zero attached hydrogens (tertiary/aromatic N) is 1. The van der Waals surface area contributed by atoms with E-state index in [-0.39, 0.29) is 5.91 Å². The van der Waals surface area contributed by atoms with E-state index in [4.69, 9.17) is 0 Å². The largest absolute Gasteiger partial charge is 0.373 e. The third-order valence-electron chi connectivity index (χ3n) is 2.50. The van der Waals surface area contributed by atoms with Crippen LogP contribution >= 0.6 is 11.3 Å². The minimum atomic E-state index is -0.0804. The molecule has 0 saturated heterocycles. The lowest BCUT2D eigenvalue weighted by Gasteiger charge is -2.07. The summed E-state index contributed by atoms with van der Waals surface area (Å²) in [6.45, 7) is 2.43. The number of pyridine rings is 1. The Labute approximate surface area is 110 Å². The van der Waals surface area contributed by atoms with Crippen LogP contribution in [0.5, 0.6) is 0 Å². The molecule has 0 radical (unpaired) electrons. The maximum Gasteiger partial charge on any atom is 0.251 e. The van der Waals surface area contributed by atoms with Gasteiger partial charge in [0.1, 0.15) is 5.82 Å². The fourth-order valence-electron chi connectivity index (χ4n) is 1.61. The second kappa shape index (κ2) is 5.64. The average molecular weight is 261 g/mol. The first-order valence-corrected chi connectivity index (χ1v) is 6.59. The van der Waals surface area contributed by atoms with Gasteiger partial charge < -0.3 is 10.6 Å². The van der Waals surface area contributed by atoms with E-state index >= 15 is 0 Å². The van der Waals surface area contributed by atoms with Crippen LogP contribution in [0.1, 0.15) is 21.6 Å². The van der Waals surface area contributed by atoms with E-state index < -0.39 is 0 Å². The number of carbonyl (C=O) groups excluding carboxylic acids is 1. The summed E-state index contributed by atoms with van der Waals surface area (Å²) in [7, 11) is 1.79. The molecule has 1 amide bonds. The summed E-state index contributed by atoms with van der Waals surface area (Å²) in [4.78, 5) is 16.3. The molecule has 0 aromatic carbocycles. The molecule has 94 valence electrons. The van der Waals surface area contributed by atoms with E-state index in [1.165, 1.54) is 0 Å². The van der Waals surface area contributed by atoms with E-state index in [2.05, 4.69) is 15.6 Å². The first kappa shape index (κ1) is 12.6. The molecule has 0 aliphatic rings. The molecule has 0 aliphatic carbocycles. The van der Waals surface area contributed by atoms with Gasteiger partial charge in [0.15, 0.2) is 0 Å². The number of thiophene rings is 1. The molecule has 0 spiro atoms. The molecule has 0 saturated carbocycles.